The molecular formula is C11H14N6O2S2. The van der Waals surface area contributed by atoms with Gasteiger partial charge in [0, 0.05) is 6.42 Å². The van der Waals surface area contributed by atoms with Crippen molar-refractivity contribution in [3.8, 4) is 0 Å². The number of thiocarbonyl (C=S) groups is 1. The molecule has 2 rings (SSSR count). The molecule has 0 aliphatic carbocycles. The van der Waals surface area contributed by atoms with Gasteiger partial charge in [0.05, 0.1) is 15.9 Å². The summed E-state index contributed by atoms with van der Waals surface area (Å²) >= 11 is 4.81. The molecule has 112 valence electrons. The van der Waals surface area contributed by atoms with Gasteiger partial charge < -0.3 is 5.73 Å². The van der Waals surface area contributed by atoms with Crippen molar-refractivity contribution in [3.05, 3.63) is 35.7 Å². The molecule has 1 aromatic heterocycles. The number of nitrogens with two attached hydrogens (primary N) is 1. The van der Waals surface area contributed by atoms with Gasteiger partial charge in [-0.15, -0.1) is 10.2 Å². The lowest BCUT2D eigenvalue weighted by atomic mass is 10.1. The number of benzene rings is 1. The average Bonchev–Trinajstić information content (AvgIpc) is 2.92. The first-order valence-corrected chi connectivity index (χ1v) is 7.90. The zero-order valence-corrected chi connectivity index (χ0v) is 12.8. The van der Waals surface area contributed by atoms with E-state index >= 15 is 0 Å². The summed E-state index contributed by atoms with van der Waals surface area (Å²) in [6.07, 6.45) is 0.433. The molecule has 4 N–H and O–H groups in total. The first-order valence-electron chi connectivity index (χ1n) is 6.01. The predicted molar refractivity (Wildman–Crippen MR) is 79.8 cm³/mol. The van der Waals surface area contributed by atoms with E-state index in [2.05, 4.69) is 25.3 Å². The van der Waals surface area contributed by atoms with Crippen LogP contribution in [0.4, 0.5) is 0 Å². The van der Waals surface area contributed by atoms with Gasteiger partial charge in [0.1, 0.15) is 0 Å². The second kappa shape index (κ2) is 6.24. The summed E-state index contributed by atoms with van der Waals surface area (Å²) in [5, 5.41) is 13.1. The number of tetrazole rings is 1. The zero-order chi connectivity index (χ0) is 15.5. The monoisotopic (exact) mass is 326 g/mol. The number of nitrogens with zero attached hydrogens (tertiary/aromatic N) is 3. The van der Waals surface area contributed by atoms with Gasteiger partial charge in [-0.1, -0.05) is 29.6 Å². The Labute approximate surface area is 127 Å². The number of hydrogen-bond donors (Lipinski definition) is 3. The summed E-state index contributed by atoms with van der Waals surface area (Å²) in [6, 6.07) is 5.75. The third kappa shape index (κ3) is 4.03. The van der Waals surface area contributed by atoms with E-state index in [-0.39, 0.29) is 10.7 Å². The first kappa shape index (κ1) is 15.5. The van der Waals surface area contributed by atoms with Crippen LogP contribution in [0.2, 0.25) is 0 Å². The van der Waals surface area contributed by atoms with Crippen LogP contribution in [0.5, 0.6) is 0 Å². The van der Waals surface area contributed by atoms with E-state index in [1.807, 2.05) is 0 Å². The van der Waals surface area contributed by atoms with Crippen LogP contribution in [0, 0.1) is 0 Å². The molecule has 0 bridgehead atoms. The third-order valence-electron chi connectivity index (χ3n) is 2.69. The van der Waals surface area contributed by atoms with E-state index in [0.29, 0.717) is 11.4 Å². The van der Waals surface area contributed by atoms with Crippen molar-refractivity contribution in [3.63, 3.8) is 0 Å². The Morgan fingerprint density at radius 3 is 2.62 bits per heavy atom. The standard InChI is InChI=1S/C11H14N6O2S2/c1-7(11-13-16-17-14-11)15-21(18,19)9-4-2-8(3-5-9)6-10(12)20/h2-5,7,15H,6H2,1H3,(H2,12,20)(H,13,14,16,17). The third-order valence-corrected chi connectivity index (χ3v) is 4.39. The van der Waals surface area contributed by atoms with E-state index in [4.69, 9.17) is 18.0 Å². The lowest BCUT2D eigenvalue weighted by Crippen LogP contribution is -2.27. The van der Waals surface area contributed by atoms with Crippen molar-refractivity contribution < 1.29 is 8.42 Å². The Balaban J connectivity index is 2.14. The van der Waals surface area contributed by atoms with Crippen molar-refractivity contribution in [2.45, 2.75) is 24.3 Å². The summed E-state index contributed by atoms with van der Waals surface area (Å²) in [5.74, 6) is 0.267. The molecule has 0 fully saturated rings. The number of nitrogens with one attached hydrogen (secondary N) is 2. The molecule has 2 aromatic rings. The molecule has 0 amide bonds. The highest BCUT2D eigenvalue weighted by atomic mass is 32.2. The maximum absolute atomic E-state index is 12.2. The smallest absolute Gasteiger partial charge is 0.241 e. The molecule has 0 radical (unpaired) electrons. The molecule has 8 nitrogen and oxygen atoms in total. The summed E-state index contributed by atoms with van der Waals surface area (Å²) < 4.78 is 26.9. The van der Waals surface area contributed by atoms with Crippen LogP contribution in [0.1, 0.15) is 24.4 Å². The van der Waals surface area contributed by atoms with E-state index in [9.17, 15) is 8.42 Å². The van der Waals surface area contributed by atoms with Gasteiger partial charge in [0.25, 0.3) is 0 Å². The maximum Gasteiger partial charge on any atom is 0.241 e. The molecule has 0 spiro atoms. The Morgan fingerprint density at radius 1 is 1.43 bits per heavy atom. The van der Waals surface area contributed by atoms with Crippen LogP contribution < -0.4 is 10.5 Å². The zero-order valence-electron chi connectivity index (χ0n) is 11.1. The van der Waals surface area contributed by atoms with Crippen molar-refractivity contribution in [2.75, 3.05) is 0 Å². The van der Waals surface area contributed by atoms with E-state index < -0.39 is 16.1 Å². The molecular weight excluding hydrogens is 312 g/mol. The number of hydrogen-bond acceptors (Lipinski definition) is 6. The minimum Gasteiger partial charge on any atom is -0.393 e. The van der Waals surface area contributed by atoms with Gasteiger partial charge in [0.15, 0.2) is 5.82 Å². The Bertz CT molecular complexity index is 712. The van der Waals surface area contributed by atoms with Crippen LogP contribution in [0.3, 0.4) is 0 Å². The SMILES string of the molecule is CC(NS(=O)(=O)c1ccc(CC(N)=S)cc1)c1nn[nH]n1. The van der Waals surface area contributed by atoms with Gasteiger partial charge in [-0.3, -0.25) is 0 Å². The van der Waals surface area contributed by atoms with Gasteiger partial charge in [-0.05, 0) is 24.6 Å². The maximum atomic E-state index is 12.2. The van der Waals surface area contributed by atoms with Gasteiger partial charge in [-0.25, -0.2) is 13.1 Å². The van der Waals surface area contributed by atoms with Crippen molar-refractivity contribution in [2.24, 2.45) is 5.73 Å². The fraction of sp³-hybridized carbons (Fsp3) is 0.273. The van der Waals surface area contributed by atoms with Crippen LogP contribution in [0.15, 0.2) is 29.2 Å². The van der Waals surface area contributed by atoms with Gasteiger partial charge in [-0.2, -0.15) is 5.21 Å². The first-order chi connectivity index (χ1) is 9.88. The predicted octanol–water partition coefficient (Wildman–Crippen LogP) is 0.0678. The van der Waals surface area contributed by atoms with Crippen LogP contribution in [0.25, 0.3) is 0 Å². The quantitative estimate of drug-likeness (QED) is 0.641. The molecule has 1 aromatic carbocycles. The van der Waals surface area contributed by atoms with Crippen molar-refractivity contribution in [1.82, 2.24) is 25.3 Å². The minimum atomic E-state index is -3.67. The Morgan fingerprint density at radius 2 is 2.10 bits per heavy atom. The largest absolute Gasteiger partial charge is 0.393 e. The number of aromatic amines is 1. The molecule has 1 atom stereocenters. The van der Waals surface area contributed by atoms with E-state index in [1.165, 1.54) is 12.1 Å². The molecule has 0 saturated carbocycles. The van der Waals surface area contributed by atoms with Crippen molar-refractivity contribution in [1.29, 1.82) is 0 Å². The Hall–Kier alpha value is -1.91. The highest BCUT2D eigenvalue weighted by molar-refractivity contribution is 7.89. The highest BCUT2D eigenvalue weighted by Crippen LogP contribution is 2.14. The number of sulfonamides is 1. The van der Waals surface area contributed by atoms with E-state index in [1.54, 1.807) is 19.1 Å². The van der Waals surface area contributed by atoms with Crippen molar-refractivity contribution >= 4 is 27.2 Å². The fourth-order valence-electron chi connectivity index (χ4n) is 1.69. The second-order valence-corrected chi connectivity index (χ2v) is 6.64. The summed E-state index contributed by atoms with van der Waals surface area (Å²) in [6.45, 7) is 1.63. The Kier molecular flexibility index (Phi) is 4.60. The average molecular weight is 326 g/mol. The lowest BCUT2D eigenvalue weighted by molar-refractivity contribution is 0.560. The molecule has 1 unspecified atom stereocenters. The van der Waals surface area contributed by atoms with Crippen LogP contribution >= 0.6 is 12.2 Å². The normalized spacial score (nSPS) is 13.0. The lowest BCUT2D eigenvalue weighted by Gasteiger charge is -2.11. The summed E-state index contributed by atoms with van der Waals surface area (Å²) in [7, 11) is -3.67. The minimum absolute atomic E-state index is 0.143. The topological polar surface area (TPSA) is 127 Å². The molecule has 1 heterocycles. The molecule has 10 heteroatoms. The molecule has 21 heavy (non-hydrogen) atoms. The number of rotatable bonds is 6. The summed E-state index contributed by atoms with van der Waals surface area (Å²) in [5.41, 5.74) is 6.30. The van der Waals surface area contributed by atoms with Crippen LogP contribution in [-0.4, -0.2) is 34.0 Å². The number of aromatic nitrogens is 4. The number of H-pyrrole nitrogens is 1. The molecule has 0 aliphatic rings. The fourth-order valence-corrected chi connectivity index (χ4v) is 3.06. The van der Waals surface area contributed by atoms with Gasteiger partial charge in [0.2, 0.25) is 10.0 Å². The second-order valence-electron chi connectivity index (χ2n) is 4.40. The van der Waals surface area contributed by atoms with E-state index in [0.717, 1.165) is 5.56 Å². The van der Waals surface area contributed by atoms with Crippen LogP contribution in [-0.2, 0) is 16.4 Å². The van der Waals surface area contributed by atoms with Gasteiger partial charge >= 0.3 is 0 Å². The highest BCUT2D eigenvalue weighted by Gasteiger charge is 2.20. The molecule has 0 aliphatic heterocycles. The molecule has 0 saturated heterocycles. The summed E-state index contributed by atoms with van der Waals surface area (Å²) in [4.78, 5) is 0.499.